The maximum absolute atomic E-state index is 10.4. The van der Waals surface area contributed by atoms with Crippen LogP contribution in [0.1, 0.15) is 36.4 Å². The van der Waals surface area contributed by atoms with E-state index in [0.717, 1.165) is 28.9 Å². The number of nitrogens with two attached hydrogens (primary N) is 1. The molecule has 7 heteroatoms. The van der Waals surface area contributed by atoms with Crippen LogP contribution in [0.3, 0.4) is 0 Å². The van der Waals surface area contributed by atoms with E-state index >= 15 is 0 Å². The second kappa shape index (κ2) is 7.50. The normalized spacial score (nSPS) is 15.8. The Hall–Kier alpha value is -2.64. The van der Waals surface area contributed by atoms with Crippen molar-refractivity contribution in [3.8, 4) is 0 Å². The predicted molar refractivity (Wildman–Crippen MR) is 100 cm³/mol. The van der Waals surface area contributed by atoms with E-state index in [2.05, 4.69) is 25.9 Å². The van der Waals surface area contributed by atoms with Crippen molar-refractivity contribution >= 4 is 23.0 Å². The summed E-state index contributed by atoms with van der Waals surface area (Å²) in [5, 5.41) is 19.8. The summed E-state index contributed by atoms with van der Waals surface area (Å²) in [6, 6.07) is 8.00. The average Bonchev–Trinajstić information content (AvgIpc) is 2.58. The number of rotatable bonds is 6. The number of allylic oxidation sites excluding steroid dienone is 1. The smallest absolute Gasteiger partial charge is 0.225 e. The molecule has 2 aromatic rings. The zero-order valence-electron chi connectivity index (χ0n) is 14.5. The number of nitrogens with one attached hydrogen (secondary N) is 3. The number of aliphatic hydroxyl groups is 1. The van der Waals surface area contributed by atoms with Crippen LogP contribution < -0.4 is 21.7 Å². The van der Waals surface area contributed by atoms with Crippen LogP contribution in [0.15, 0.2) is 30.5 Å². The lowest BCUT2D eigenvalue weighted by Gasteiger charge is -2.24. The van der Waals surface area contributed by atoms with E-state index in [1.807, 2.05) is 38.1 Å². The van der Waals surface area contributed by atoms with Gasteiger partial charge in [0.25, 0.3) is 0 Å². The average molecular weight is 340 g/mol. The molecule has 1 aromatic carbocycles. The molecule has 0 fully saturated rings. The molecule has 6 N–H and O–H groups in total. The van der Waals surface area contributed by atoms with Crippen molar-refractivity contribution in [1.29, 1.82) is 0 Å². The SMILES string of the molecule is CC1=CNC(O)c2c(Nc3cccc(C)c3)nc(NCCCN)nc21. The number of nitrogens with zero attached hydrogens (tertiary/aromatic N) is 2. The molecule has 0 bridgehead atoms. The number of benzene rings is 1. The number of aromatic nitrogens is 2. The van der Waals surface area contributed by atoms with Gasteiger partial charge in [-0.2, -0.15) is 4.98 Å². The summed E-state index contributed by atoms with van der Waals surface area (Å²) in [6.45, 7) is 5.28. The fourth-order valence-electron chi connectivity index (χ4n) is 2.72. The van der Waals surface area contributed by atoms with Gasteiger partial charge in [-0.1, -0.05) is 12.1 Å². The first-order valence-corrected chi connectivity index (χ1v) is 8.39. The Bertz CT molecular complexity index is 789. The van der Waals surface area contributed by atoms with Gasteiger partial charge in [0.1, 0.15) is 5.82 Å². The third kappa shape index (κ3) is 3.89. The standard InChI is InChI=1S/C18H24N6O/c1-11-5-3-6-13(9-11)22-16-14-15(12(2)10-21-17(14)25)23-18(24-16)20-8-4-7-19/h3,5-6,9-10,17,21,25H,4,7-8,19H2,1-2H3,(H2,20,22,23,24). The van der Waals surface area contributed by atoms with Crippen LogP contribution in [0.4, 0.5) is 17.5 Å². The first-order chi connectivity index (χ1) is 12.1. The van der Waals surface area contributed by atoms with Crippen LogP contribution in [0.25, 0.3) is 5.57 Å². The van der Waals surface area contributed by atoms with Gasteiger partial charge in [0.05, 0.1) is 11.3 Å². The van der Waals surface area contributed by atoms with Crippen LogP contribution >= 0.6 is 0 Å². The number of fused-ring (bicyclic) bond motifs is 1. The third-order valence-electron chi connectivity index (χ3n) is 4.00. The number of aryl methyl sites for hydroxylation is 1. The summed E-state index contributed by atoms with van der Waals surface area (Å²) >= 11 is 0. The summed E-state index contributed by atoms with van der Waals surface area (Å²) in [4.78, 5) is 9.13. The Balaban J connectivity index is 2.00. The Kier molecular flexibility index (Phi) is 5.16. The summed E-state index contributed by atoms with van der Waals surface area (Å²) in [5.74, 6) is 1.10. The molecule has 1 aliphatic rings. The van der Waals surface area contributed by atoms with Gasteiger partial charge in [-0.05, 0) is 50.1 Å². The Morgan fingerprint density at radius 2 is 2.12 bits per heavy atom. The van der Waals surface area contributed by atoms with E-state index in [1.54, 1.807) is 6.20 Å². The quantitative estimate of drug-likeness (QED) is 0.513. The van der Waals surface area contributed by atoms with E-state index in [-0.39, 0.29) is 0 Å². The van der Waals surface area contributed by atoms with E-state index in [4.69, 9.17) is 5.73 Å². The fourth-order valence-corrected chi connectivity index (χ4v) is 2.72. The van der Waals surface area contributed by atoms with Crippen molar-refractivity contribution < 1.29 is 5.11 Å². The van der Waals surface area contributed by atoms with Crippen molar-refractivity contribution in [1.82, 2.24) is 15.3 Å². The molecule has 1 aromatic heterocycles. The molecule has 2 heterocycles. The summed E-state index contributed by atoms with van der Waals surface area (Å²) in [5.41, 5.74) is 9.91. The van der Waals surface area contributed by atoms with Crippen LogP contribution in [0.2, 0.25) is 0 Å². The Morgan fingerprint density at radius 1 is 1.28 bits per heavy atom. The van der Waals surface area contributed by atoms with Crippen molar-refractivity contribution in [3.05, 3.63) is 47.3 Å². The summed E-state index contributed by atoms with van der Waals surface area (Å²) in [7, 11) is 0. The highest BCUT2D eigenvalue weighted by Crippen LogP contribution is 2.33. The molecular formula is C18H24N6O. The zero-order valence-corrected chi connectivity index (χ0v) is 14.5. The van der Waals surface area contributed by atoms with E-state index in [1.165, 1.54) is 0 Å². The van der Waals surface area contributed by atoms with E-state index < -0.39 is 6.23 Å². The second-order valence-electron chi connectivity index (χ2n) is 6.12. The maximum atomic E-state index is 10.4. The van der Waals surface area contributed by atoms with Crippen molar-refractivity contribution in [2.45, 2.75) is 26.5 Å². The molecule has 0 spiro atoms. The maximum Gasteiger partial charge on any atom is 0.225 e. The molecule has 1 atom stereocenters. The third-order valence-corrected chi connectivity index (χ3v) is 4.00. The van der Waals surface area contributed by atoms with Gasteiger partial charge in [0, 0.05) is 18.4 Å². The molecule has 0 saturated heterocycles. The highest BCUT2D eigenvalue weighted by molar-refractivity contribution is 5.73. The number of hydrogen-bond acceptors (Lipinski definition) is 7. The largest absolute Gasteiger partial charge is 0.369 e. The Morgan fingerprint density at radius 3 is 2.88 bits per heavy atom. The van der Waals surface area contributed by atoms with E-state index in [0.29, 0.717) is 30.4 Å². The fraction of sp³-hybridized carbons (Fsp3) is 0.333. The zero-order chi connectivity index (χ0) is 17.8. The Labute approximate surface area is 147 Å². The minimum absolute atomic E-state index is 0.518. The van der Waals surface area contributed by atoms with Crippen molar-refractivity contribution in [3.63, 3.8) is 0 Å². The van der Waals surface area contributed by atoms with Gasteiger partial charge < -0.3 is 26.8 Å². The molecule has 0 radical (unpaired) electrons. The lowest BCUT2D eigenvalue weighted by molar-refractivity contribution is 0.154. The first kappa shape index (κ1) is 17.2. The highest BCUT2D eigenvalue weighted by atomic mass is 16.3. The molecule has 3 rings (SSSR count). The summed E-state index contributed by atoms with van der Waals surface area (Å²) < 4.78 is 0. The second-order valence-corrected chi connectivity index (χ2v) is 6.12. The molecule has 25 heavy (non-hydrogen) atoms. The molecule has 0 amide bonds. The molecular weight excluding hydrogens is 316 g/mol. The van der Waals surface area contributed by atoms with Gasteiger partial charge in [-0.25, -0.2) is 4.98 Å². The molecule has 1 aliphatic heterocycles. The lowest BCUT2D eigenvalue weighted by atomic mass is 10.0. The van der Waals surface area contributed by atoms with Crippen molar-refractivity contribution in [2.24, 2.45) is 5.73 Å². The number of hydrogen-bond donors (Lipinski definition) is 5. The molecule has 132 valence electrons. The van der Waals surface area contributed by atoms with Gasteiger partial charge in [-0.15, -0.1) is 0 Å². The minimum atomic E-state index is -0.857. The lowest BCUT2D eigenvalue weighted by Crippen LogP contribution is -2.24. The minimum Gasteiger partial charge on any atom is -0.369 e. The van der Waals surface area contributed by atoms with Gasteiger partial charge in [-0.3, -0.25) is 0 Å². The van der Waals surface area contributed by atoms with Gasteiger partial charge in [0.15, 0.2) is 6.23 Å². The van der Waals surface area contributed by atoms with E-state index in [9.17, 15) is 5.11 Å². The monoisotopic (exact) mass is 340 g/mol. The van der Waals surface area contributed by atoms with Crippen LogP contribution in [0, 0.1) is 6.92 Å². The number of anilines is 3. The van der Waals surface area contributed by atoms with Crippen LogP contribution in [0.5, 0.6) is 0 Å². The first-order valence-electron chi connectivity index (χ1n) is 8.39. The highest BCUT2D eigenvalue weighted by Gasteiger charge is 2.25. The topological polar surface area (TPSA) is 108 Å². The van der Waals surface area contributed by atoms with Gasteiger partial charge >= 0.3 is 0 Å². The molecule has 7 nitrogen and oxygen atoms in total. The molecule has 1 unspecified atom stereocenters. The molecule has 0 saturated carbocycles. The van der Waals surface area contributed by atoms with Crippen molar-refractivity contribution in [2.75, 3.05) is 23.7 Å². The predicted octanol–water partition coefficient (Wildman–Crippen LogP) is 2.24. The number of aliphatic hydroxyl groups excluding tert-OH is 1. The van der Waals surface area contributed by atoms with Crippen LogP contribution in [-0.2, 0) is 0 Å². The van der Waals surface area contributed by atoms with Crippen LogP contribution in [-0.4, -0.2) is 28.2 Å². The molecule has 0 aliphatic carbocycles. The summed E-state index contributed by atoms with van der Waals surface area (Å²) in [6.07, 6.45) is 1.74. The van der Waals surface area contributed by atoms with Gasteiger partial charge in [0.2, 0.25) is 5.95 Å².